The molecule has 0 spiro atoms. The maximum Gasteiger partial charge on any atom is 0.335 e. The molecule has 1 aromatic heterocycles. The summed E-state index contributed by atoms with van der Waals surface area (Å²) in [7, 11) is 0. The molecule has 2 aromatic carbocycles. The lowest BCUT2D eigenvalue weighted by Crippen LogP contribution is -2.54. The molecule has 1 aliphatic rings. The Morgan fingerprint density at radius 1 is 0.848 bits per heavy atom. The zero-order valence-electron chi connectivity index (χ0n) is 19.6. The zero-order chi connectivity index (χ0) is 24.0. The number of carbonyl (C=O) groups excluding carboxylic acids is 3. The van der Waals surface area contributed by atoms with E-state index in [0.717, 1.165) is 33.0 Å². The molecule has 0 radical (unpaired) electrons. The number of nitrogens with zero attached hydrogens (tertiary/aromatic N) is 3. The number of imide groups is 2. The quantitative estimate of drug-likeness (QED) is 0.482. The third-order valence-corrected chi connectivity index (χ3v) is 6.07. The minimum atomic E-state index is -0.756. The Hall–Kier alpha value is -4.00. The SMILES string of the molecule is Cc1ccc(N2C(=O)NC(=O)/C(=C\c3c(C)nn(-c4ccc(C)c(C)c4)c3C)C2=O)c(C)c1. The first-order valence-corrected chi connectivity index (χ1v) is 10.7. The molecule has 1 fully saturated rings. The Kier molecular flexibility index (Phi) is 5.49. The van der Waals surface area contributed by atoms with Gasteiger partial charge in [-0.3, -0.25) is 14.9 Å². The highest BCUT2D eigenvalue weighted by Crippen LogP contribution is 2.28. The van der Waals surface area contributed by atoms with Crippen LogP contribution in [0.25, 0.3) is 11.8 Å². The largest absolute Gasteiger partial charge is 0.335 e. The van der Waals surface area contributed by atoms with Gasteiger partial charge < -0.3 is 0 Å². The first kappa shape index (κ1) is 22.2. The van der Waals surface area contributed by atoms with Crippen LogP contribution >= 0.6 is 0 Å². The van der Waals surface area contributed by atoms with E-state index in [2.05, 4.69) is 10.4 Å². The minimum absolute atomic E-state index is 0.111. The summed E-state index contributed by atoms with van der Waals surface area (Å²) in [6, 6.07) is 10.7. The van der Waals surface area contributed by atoms with Gasteiger partial charge in [0.25, 0.3) is 11.8 Å². The van der Waals surface area contributed by atoms with Crippen LogP contribution in [0.2, 0.25) is 0 Å². The van der Waals surface area contributed by atoms with E-state index in [1.165, 1.54) is 11.6 Å². The molecular formula is C26H26N4O3. The molecule has 3 aromatic rings. The summed E-state index contributed by atoms with van der Waals surface area (Å²) in [6.45, 7) is 11.6. The topological polar surface area (TPSA) is 84.3 Å². The van der Waals surface area contributed by atoms with Crippen LogP contribution in [0.1, 0.15) is 39.2 Å². The second-order valence-electron chi connectivity index (χ2n) is 8.51. The first-order valence-electron chi connectivity index (χ1n) is 10.7. The molecule has 0 atom stereocenters. The van der Waals surface area contributed by atoms with Gasteiger partial charge in [0.1, 0.15) is 5.57 Å². The number of aryl methyl sites for hydroxylation is 5. The van der Waals surface area contributed by atoms with Crippen LogP contribution in [-0.4, -0.2) is 27.6 Å². The second kappa shape index (κ2) is 8.16. The third-order valence-electron chi connectivity index (χ3n) is 6.07. The molecule has 1 saturated heterocycles. The van der Waals surface area contributed by atoms with E-state index in [0.29, 0.717) is 16.9 Å². The van der Waals surface area contributed by atoms with E-state index in [9.17, 15) is 14.4 Å². The molecule has 2 heterocycles. The molecule has 0 saturated carbocycles. The normalized spacial score (nSPS) is 15.4. The molecule has 7 nitrogen and oxygen atoms in total. The molecule has 1 aliphatic heterocycles. The summed E-state index contributed by atoms with van der Waals surface area (Å²) in [6.07, 6.45) is 1.52. The fourth-order valence-electron chi connectivity index (χ4n) is 4.05. The lowest BCUT2D eigenvalue weighted by molar-refractivity contribution is -0.122. The van der Waals surface area contributed by atoms with Crippen LogP contribution in [0.3, 0.4) is 0 Å². The van der Waals surface area contributed by atoms with E-state index in [1.807, 2.05) is 71.9 Å². The van der Waals surface area contributed by atoms with Gasteiger partial charge in [-0.25, -0.2) is 14.4 Å². The van der Waals surface area contributed by atoms with Gasteiger partial charge >= 0.3 is 6.03 Å². The van der Waals surface area contributed by atoms with Crippen molar-refractivity contribution >= 4 is 29.6 Å². The molecule has 1 N–H and O–H groups in total. The van der Waals surface area contributed by atoms with Gasteiger partial charge in [-0.15, -0.1) is 0 Å². The predicted molar refractivity (Wildman–Crippen MR) is 127 cm³/mol. The van der Waals surface area contributed by atoms with Crippen molar-refractivity contribution in [2.75, 3.05) is 4.90 Å². The molecule has 7 heteroatoms. The Morgan fingerprint density at radius 2 is 1.58 bits per heavy atom. The molecule has 4 rings (SSSR count). The molecule has 168 valence electrons. The lowest BCUT2D eigenvalue weighted by Gasteiger charge is -2.27. The lowest BCUT2D eigenvalue weighted by atomic mass is 10.0. The van der Waals surface area contributed by atoms with Crippen LogP contribution in [0.15, 0.2) is 42.0 Å². The number of benzene rings is 2. The van der Waals surface area contributed by atoms with Crippen LogP contribution in [0.5, 0.6) is 0 Å². The van der Waals surface area contributed by atoms with Crippen LogP contribution in [-0.2, 0) is 9.59 Å². The van der Waals surface area contributed by atoms with Crippen molar-refractivity contribution in [3.05, 3.63) is 81.2 Å². The predicted octanol–water partition coefficient (Wildman–Crippen LogP) is 4.39. The van der Waals surface area contributed by atoms with Crippen molar-refractivity contribution in [3.8, 4) is 5.69 Å². The third kappa shape index (κ3) is 3.86. The number of anilines is 1. The van der Waals surface area contributed by atoms with Crippen molar-refractivity contribution in [2.45, 2.75) is 41.5 Å². The van der Waals surface area contributed by atoms with Crippen molar-refractivity contribution in [2.24, 2.45) is 0 Å². The average molecular weight is 443 g/mol. The highest BCUT2D eigenvalue weighted by molar-refractivity contribution is 6.39. The summed E-state index contributed by atoms with van der Waals surface area (Å²) in [5, 5.41) is 6.92. The van der Waals surface area contributed by atoms with Crippen molar-refractivity contribution < 1.29 is 14.4 Å². The molecule has 33 heavy (non-hydrogen) atoms. The first-order chi connectivity index (χ1) is 15.6. The number of carbonyl (C=O) groups is 3. The van der Waals surface area contributed by atoms with Crippen molar-refractivity contribution in [1.29, 1.82) is 0 Å². The number of aromatic nitrogens is 2. The monoisotopic (exact) mass is 442 g/mol. The van der Waals surface area contributed by atoms with Gasteiger partial charge in [0.05, 0.1) is 17.1 Å². The van der Waals surface area contributed by atoms with Gasteiger partial charge in [-0.1, -0.05) is 23.8 Å². The Morgan fingerprint density at radius 3 is 2.24 bits per heavy atom. The van der Waals surface area contributed by atoms with E-state index >= 15 is 0 Å². The zero-order valence-corrected chi connectivity index (χ0v) is 19.6. The summed E-state index contributed by atoms with van der Waals surface area (Å²) >= 11 is 0. The number of hydrogen-bond donors (Lipinski definition) is 1. The smallest absolute Gasteiger partial charge is 0.273 e. The molecule has 0 unspecified atom stereocenters. The second-order valence-corrected chi connectivity index (χ2v) is 8.51. The molecule has 4 amide bonds. The fraction of sp³-hybridized carbons (Fsp3) is 0.231. The highest BCUT2D eigenvalue weighted by atomic mass is 16.2. The Labute approximate surface area is 192 Å². The number of rotatable bonds is 3. The van der Waals surface area contributed by atoms with Crippen LogP contribution in [0, 0.1) is 41.5 Å². The van der Waals surface area contributed by atoms with Crippen molar-refractivity contribution in [1.82, 2.24) is 15.1 Å². The molecule has 0 bridgehead atoms. The van der Waals surface area contributed by atoms with Gasteiger partial charge in [-0.2, -0.15) is 5.10 Å². The molecular weight excluding hydrogens is 416 g/mol. The van der Waals surface area contributed by atoms with Crippen LogP contribution in [0.4, 0.5) is 10.5 Å². The standard InChI is InChI=1S/C26H26N4O3/c1-14-7-10-23(17(4)11-14)29-25(32)22(24(31)27-26(29)33)13-21-18(5)28-30(19(21)6)20-9-8-15(2)16(3)12-20/h7-13H,1-6H3,(H,27,31,33)/b22-13+. The average Bonchev–Trinajstić information content (AvgIpc) is 3.02. The maximum atomic E-state index is 13.3. The van der Waals surface area contributed by atoms with E-state index in [1.54, 1.807) is 10.7 Å². The molecule has 0 aliphatic carbocycles. The van der Waals surface area contributed by atoms with E-state index < -0.39 is 17.8 Å². The fourth-order valence-corrected chi connectivity index (χ4v) is 4.05. The van der Waals surface area contributed by atoms with E-state index in [-0.39, 0.29) is 5.57 Å². The number of nitrogens with one attached hydrogen (secondary N) is 1. The Bertz CT molecular complexity index is 1360. The van der Waals surface area contributed by atoms with Gasteiger partial charge in [0.2, 0.25) is 0 Å². The van der Waals surface area contributed by atoms with Crippen molar-refractivity contribution in [3.63, 3.8) is 0 Å². The number of barbiturate groups is 1. The van der Waals surface area contributed by atoms with Gasteiger partial charge in [0, 0.05) is 11.3 Å². The highest BCUT2D eigenvalue weighted by Gasteiger charge is 2.37. The number of hydrogen-bond acceptors (Lipinski definition) is 4. The van der Waals surface area contributed by atoms with Gasteiger partial charge in [0.15, 0.2) is 0 Å². The minimum Gasteiger partial charge on any atom is -0.273 e. The number of urea groups is 1. The van der Waals surface area contributed by atoms with Gasteiger partial charge in [-0.05, 0) is 82.5 Å². The summed E-state index contributed by atoms with van der Waals surface area (Å²) < 4.78 is 1.80. The summed E-state index contributed by atoms with van der Waals surface area (Å²) in [4.78, 5) is 39.5. The summed E-state index contributed by atoms with van der Waals surface area (Å²) in [5.74, 6) is -1.38. The van der Waals surface area contributed by atoms with Crippen LogP contribution < -0.4 is 10.2 Å². The maximum absolute atomic E-state index is 13.3. The summed E-state index contributed by atoms with van der Waals surface area (Å²) in [5.41, 5.74) is 7.47. The van der Waals surface area contributed by atoms with E-state index in [4.69, 9.17) is 0 Å². The Balaban J connectivity index is 1.79. The number of amides is 4.